The maximum atomic E-state index is 14.3. The first kappa shape index (κ1) is 21.6. The number of amides is 1. The number of ether oxygens (including phenoxy) is 1. The van der Waals surface area contributed by atoms with E-state index in [0.29, 0.717) is 16.7 Å². The number of rotatable bonds is 4. The molecule has 0 saturated carbocycles. The molecule has 5 nitrogen and oxygen atoms in total. The van der Waals surface area contributed by atoms with Gasteiger partial charge in [-0.15, -0.1) is 0 Å². The molecule has 0 saturated heterocycles. The number of aryl methyl sites for hydroxylation is 1. The summed E-state index contributed by atoms with van der Waals surface area (Å²) in [6, 6.07) is 6.09. The molecule has 2 aromatic rings. The second-order valence-electron chi connectivity index (χ2n) is 7.00. The molecule has 154 valence electrons. The van der Waals surface area contributed by atoms with E-state index in [1.54, 1.807) is 19.1 Å². The van der Waals surface area contributed by atoms with Gasteiger partial charge < -0.3 is 4.74 Å². The van der Waals surface area contributed by atoms with Crippen LogP contribution in [0.4, 0.5) is 32.4 Å². The molecule has 0 bridgehead atoms. The minimum absolute atomic E-state index is 0.0566. The molecule has 0 fully saturated rings. The lowest BCUT2D eigenvalue weighted by Crippen LogP contribution is -2.37. The van der Waals surface area contributed by atoms with Gasteiger partial charge in [-0.25, -0.2) is 9.48 Å². The summed E-state index contributed by atoms with van der Waals surface area (Å²) in [7, 11) is 0. The first-order valence-electron chi connectivity index (χ1n) is 8.39. The molecule has 1 aromatic carbocycles. The van der Waals surface area contributed by atoms with E-state index in [9.17, 15) is 26.7 Å². The zero-order valence-corrected chi connectivity index (χ0v) is 15.7. The summed E-state index contributed by atoms with van der Waals surface area (Å²) in [5.74, 6) is -5.27. The molecule has 0 atom stereocenters. The van der Waals surface area contributed by atoms with Crippen LogP contribution in [-0.2, 0) is 17.1 Å². The van der Waals surface area contributed by atoms with Crippen molar-refractivity contribution in [1.29, 1.82) is 0 Å². The maximum Gasteiger partial charge on any atom is 0.459 e. The molecule has 28 heavy (non-hydrogen) atoms. The fourth-order valence-corrected chi connectivity index (χ4v) is 2.49. The minimum Gasteiger partial charge on any atom is -0.444 e. The van der Waals surface area contributed by atoms with Crippen LogP contribution in [0.2, 0.25) is 0 Å². The number of hydrogen-bond donors (Lipinski definition) is 1. The van der Waals surface area contributed by atoms with Gasteiger partial charge in [-0.2, -0.15) is 27.1 Å². The summed E-state index contributed by atoms with van der Waals surface area (Å²) in [6.45, 7) is 6.31. The topological polar surface area (TPSA) is 56.2 Å². The number of benzene rings is 1. The van der Waals surface area contributed by atoms with E-state index in [0.717, 1.165) is 6.20 Å². The number of halogens is 5. The van der Waals surface area contributed by atoms with Crippen molar-refractivity contribution in [3.63, 3.8) is 0 Å². The summed E-state index contributed by atoms with van der Waals surface area (Å²) in [6.07, 6.45) is -5.95. The number of alkyl halides is 5. The maximum absolute atomic E-state index is 14.3. The van der Waals surface area contributed by atoms with Crippen molar-refractivity contribution < 1.29 is 31.5 Å². The Hall–Kier alpha value is -2.65. The molecule has 2 rings (SSSR count). The van der Waals surface area contributed by atoms with Crippen LogP contribution in [0.25, 0.3) is 5.69 Å². The number of nitrogens with zero attached hydrogens (tertiary/aromatic N) is 2. The smallest absolute Gasteiger partial charge is 0.444 e. The highest BCUT2D eigenvalue weighted by molar-refractivity contribution is 5.86. The van der Waals surface area contributed by atoms with E-state index < -0.39 is 35.2 Å². The van der Waals surface area contributed by atoms with Crippen LogP contribution in [0.15, 0.2) is 30.5 Å². The van der Waals surface area contributed by atoms with Crippen molar-refractivity contribution >= 4 is 11.8 Å². The number of hydrogen-bond acceptors (Lipinski definition) is 3. The van der Waals surface area contributed by atoms with Crippen molar-refractivity contribution in [2.24, 2.45) is 0 Å². The van der Waals surface area contributed by atoms with Crippen molar-refractivity contribution in [2.45, 2.75) is 51.8 Å². The van der Waals surface area contributed by atoms with Crippen LogP contribution >= 0.6 is 0 Å². The quantitative estimate of drug-likeness (QED) is 0.690. The van der Waals surface area contributed by atoms with Gasteiger partial charge in [-0.05, 0) is 38.8 Å². The third-order valence-electron chi connectivity index (χ3n) is 3.66. The number of carbonyl (C=O) groups is 1. The Morgan fingerprint density at radius 2 is 1.75 bits per heavy atom. The van der Waals surface area contributed by atoms with E-state index in [1.165, 1.54) is 32.9 Å². The number of aromatic nitrogens is 2. The highest BCUT2D eigenvalue weighted by atomic mass is 19.4. The third-order valence-corrected chi connectivity index (χ3v) is 3.66. The van der Waals surface area contributed by atoms with E-state index >= 15 is 0 Å². The van der Waals surface area contributed by atoms with Crippen molar-refractivity contribution in [3.05, 3.63) is 41.7 Å². The van der Waals surface area contributed by atoms with E-state index in [-0.39, 0.29) is 5.69 Å². The average Bonchev–Trinajstić information content (AvgIpc) is 2.95. The van der Waals surface area contributed by atoms with Gasteiger partial charge in [0.2, 0.25) is 0 Å². The standard InChI is InChI=1S/C18H20F5N3O2/c1-5-11-8-6-7-9-13(11)26-14(17(19,20)18(21,22)23)12(10-24-26)25-15(27)28-16(2,3)4/h6-10H,5H2,1-4H3,(H,25,27). The molecule has 0 unspecified atom stereocenters. The Balaban J connectivity index is 2.62. The van der Waals surface area contributed by atoms with Gasteiger partial charge >= 0.3 is 18.2 Å². The Bertz CT molecular complexity index is 854. The second-order valence-corrected chi connectivity index (χ2v) is 7.00. The molecule has 10 heteroatoms. The fourth-order valence-electron chi connectivity index (χ4n) is 2.49. The molecule has 0 aliphatic rings. The molecule has 1 heterocycles. The van der Waals surface area contributed by atoms with Gasteiger partial charge in [0.05, 0.1) is 17.6 Å². The van der Waals surface area contributed by atoms with Crippen LogP contribution in [0, 0.1) is 0 Å². The van der Waals surface area contributed by atoms with Crippen LogP contribution in [0.3, 0.4) is 0 Å². The molecule has 0 spiro atoms. The molecule has 1 aromatic heterocycles. The Kier molecular flexibility index (Phi) is 5.72. The van der Waals surface area contributed by atoms with Gasteiger partial charge in [-0.3, -0.25) is 5.32 Å². The Morgan fingerprint density at radius 3 is 2.29 bits per heavy atom. The van der Waals surface area contributed by atoms with Crippen LogP contribution < -0.4 is 5.32 Å². The molecular weight excluding hydrogens is 385 g/mol. The summed E-state index contributed by atoms with van der Waals surface area (Å²) in [5, 5.41) is 5.64. The van der Waals surface area contributed by atoms with Gasteiger partial charge in [0.1, 0.15) is 11.3 Å². The fraction of sp³-hybridized carbons (Fsp3) is 0.444. The van der Waals surface area contributed by atoms with E-state index in [2.05, 4.69) is 5.10 Å². The van der Waals surface area contributed by atoms with Crippen molar-refractivity contribution in [1.82, 2.24) is 9.78 Å². The molecule has 0 radical (unpaired) electrons. The number of anilines is 1. The molecular formula is C18H20F5N3O2. The first-order valence-corrected chi connectivity index (χ1v) is 8.39. The number of para-hydroxylation sites is 1. The highest BCUT2D eigenvalue weighted by Gasteiger charge is 2.62. The molecule has 0 aliphatic carbocycles. The molecule has 1 N–H and O–H groups in total. The monoisotopic (exact) mass is 405 g/mol. The van der Waals surface area contributed by atoms with Crippen molar-refractivity contribution in [3.8, 4) is 5.69 Å². The van der Waals surface area contributed by atoms with Crippen LogP contribution in [0.5, 0.6) is 0 Å². The predicted octanol–water partition coefficient (Wildman–Crippen LogP) is 5.44. The summed E-state index contributed by atoms with van der Waals surface area (Å²) >= 11 is 0. The molecule has 0 aliphatic heterocycles. The summed E-state index contributed by atoms with van der Waals surface area (Å²) in [4.78, 5) is 11.9. The first-order chi connectivity index (χ1) is 12.8. The average molecular weight is 405 g/mol. The van der Waals surface area contributed by atoms with Gasteiger partial charge in [-0.1, -0.05) is 25.1 Å². The summed E-state index contributed by atoms with van der Waals surface area (Å²) < 4.78 is 73.5. The predicted molar refractivity (Wildman–Crippen MR) is 92.7 cm³/mol. The molecule has 1 amide bonds. The zero-order chi connectivity index (χ0) is 21.3. The largest absolute Gasteiger partial charge is 0.459 e. The number of nitrogens with one attached hydrogen (secondary N) is 1. The lowest BCUT2D eigenvalue weighted by Gasteiger charge is -2.24. The minimum atomic E-state index is -5.89. The second kappa shape index (κ2) is 7.40. The normalized spacial score (nSPS) is 12.8. The Morgan fingerprint density at radius 1 is 1.14 bits per heavy atom. The summed E-state index contributed by atoms with van der Waals surface area (Å²) in [5.41, 5.74) is -2.69. The Labute approximate surface area is 158 Å². The van der Waals surface area contributed by atoms with Gasteiger partial charge in [0.15, 0.2) is 0 Å². The van der Waals surface area contributed by atoms with E-state index in [1.807, 2.05) is 5.32 Å². The highest BCUT2D eigenvalue weighted by Crippen LogP contribution is 2.47. The van der Waals surface area contributed by atoms with Gasteiger partial charge in [0, 0.05) is 0 Å². The van der Waals surface area contributed by atoms with E-state index in [4.69, 9.17) is 4.74 Å². The number of carbonyl (C=O) groups excluding carboxylic acids is 1. The third kappa shape index (κ3) is 4.42. The van der Waals surface area contributed by atoms with Crippen LogP contribution in [-0.4, -0.2) is 27.7 Å². The van der Waals surface area contributed by atoms with Crippen LogP contribution in [0.1, 0.15) is 39.0 Å². The van der Waals surface area contributed by atoms with Gasteiger partial charge in [0.25, 0.3) is 0 Å². The zero-order valence-electron chi connectivity index (χ0n) is 15.7. The van der Waals surface area contributed by atoms with Crippen molar-refractivity contribution in [2.75, 3.05) is 5.32 Å². The lowest BCUT2D eigenvalue weighted by molar-refractivity contribution is -0.291. The lowest BCUT2D eigenvalue weighted by atomic mass is 10.1. The SMILES string of the molecule is CCc1ccccc1-n1ncc(NC(=O)OC(C)(C)C)c1C(F)(F)C(F)(F)F.